The van der Waals surface area contributed by atoms with Gasteiger partial charge < -0.3 is 16.0 Å². The molecule has 0 fully saturated rings. The normalized spacial score (nSPS) is 15.8. The highest BCUT2D eigenvalue weighted by atomic mass is 32.2. The number of anilines is 4. The fourth-order valence-corrected chi connectivity index (χ4v) is 3.91. The van der Waals surface area contributed by atoms with Crippen molar-refractivity contribution in [3.63, 3.8) is 0 Å². The van der Waals surface area contributed by atoms with Crippen LogP contribution in [0.1, 0.15) is 11.6 Å². The third-order valence-corrected chi connectivity index (χ3v) is 5.59. The molecule has 0 radical (unpaired) electrons. The number of rotatable bonds is 4. The quantitative estimate of drug-likeness (QED) is 0.397. The maximum Gasteiger partial charge on any atom is 0.353 e. The van der Waals surface area contributed by atoms with Crippen molar-refractivity contribution in [3.8, 4) is 0 Å². The number of fused-ring (bicyclic) bond motifs is 1. The highest BCUT2D eigenvalue weighted by molar-refractivity contribution is 7.89. The molecule has 0 saturated carbocycles. The van der Waals surface area contributed by atoms with E-state index >= 15 is 0 Å². The Morgan fingerprint density at radius 1 is 1.13 bits per heavy atom. The zero-order valence-electron chi connectivity index (χ0n) is 15.7. The van der Waals surface area contributed by atoms with Gasteiger partial charge in [0.25, 0.3) is 5.91 Å². The number of hydrogen-bond acceptors (Lipinski definition) is 9. The third kappa shape index (κ3) is 3.51. The van der Waals surface area contributed by atoms with Crippen LogP contribution in [-0.4, -0.2) is 29.2 Å². The van der Waals surface area contributed by atoms with Gasteiger partial charge in [-0.25, -0.2) is 23.5 Å². The van der Waals surface area contributed by atoms with Crippen molar-refractivity contribution in [1.82, 2.24) is 9.97 Å². The number of carbonyl (C=O) groups excluding carboxylic acids is 1. The largest absolute Gasteiger partial charge is 0.378 e. The lowest BCUT2D eigenvalue weighted by Crippen LogP contribution is -2.39. The van der Waals surface area contributed by atoms with Gasteiger partial charge in [0.05, 0.1) is 21.2 Å². The molecule has 1 amide bonds. The number of aromatic nitrogens is 2. The topological polar surface area (TPSA) is 187 Å². The number of amides is 1. The fraction of sp³-hybridized carbons (Fsp3) is 0.0556. The molecule has 12 nitrogen and oxygen atoms in total. The minimum Gasteiger partial charge on any atom is -0.378 e. The lowest BCUT2D eigenvalue weighted by atomic mass is 10.00. The van der Waals surface area contributed by atoms with Crippen LogP contribution in [0.4, 0.5) is 28.7 Å². The van der Waals surface area contributed by atoms with Crippen molar-refractivity contribution < 1.29 is 18.1 Å². The predicted octanol–water partition coefficient (Wildman–Crippen LogP) is 1.45. The number of carbonyl (C=O) groups is 1. The molecule has 4 rings (SSSR count). The van der Waals surface area contributed by atoms with Gasteiger partial charge in [-0.15, -0.1) is 0 Å². The summed E-state index contributed by atoms with van der Waals surface area (Å²) < 4.78 is 23.5. The first-order valence-electron chi connectivity index (χ1n) is 8.75. The standard InChI is InChI=1S/C18H15N7O5S/c19-16-15(25(27)28)17(22-9-21-16)24-13-7-6-11(31(20,29)30)8-12(13)23-18(26)14(24)10-4-2-1-3-5-10/h1-9,14H,(H,23,26)(H2,19,21,22)(H2,20,29,30). The molecule has 2 aromatic carbocycles. The van der Waals surface area contributed by atoms with Crippen molar-refractivity contribution in [2.24, 2.45) is 5.14 Å². The number of sulfonamides is 1. The minimum absolute atomic E-state index is 0.0928. The molecule has 0 aliphatic carbocycles. The van der Waals surface area contributed by atoms with E-state index in [4.69, 9.17) is 10.9 Å². The SMILES string of the molecule is Nc1ncnc(N2c3ccc(S(N)(=O)=O)cc3NC(=O)C2c2ccccc2)c1[N+](=O)[O-]. The van der Waals surface area contributed by atoms with Gasteiger partial charge in [0, 0.05) is 0 Å². The molecule has 1 aliphatic heterocycles. The van der Waals surface area contributed by atoms with Gasteiger partial charge in [0.15, 0.2) is 0 Å². The van der Waals surface area contributed by atoms with Gasteiger partial charge in [-0.2, -0.15) is 0 Å². The second kappa shape index (κ2) is 7.30. The number of benzene rings is 2. The van der Waals surface area contributed by atoms with Crippen LogP contribution < -0.4 is 21.1 Å². The summed E-state index contributed by atoms with van der Waals surface area (Å²) in [5.74, 6) is -1.15. The van der Waals surface area contributed by atoms with E-state index in [2.05, 4.69) is 15.3 Å². The Morgan fingerprint density at radius 3 is 2.48 bits per heavy atom. The summed E-state index contributed by atoms with van der Waals surface area (Å²) in [6.45, 7) is 0. The summed E-state index contributed by atoms with van der Waals surface area (Å²) in [5.41, 5.74) is 6.03. The molecular formula is C18H15N7O5S. The minimum atomic E-state index is -4.05. The van der Waals surface area contributed by atoms with E-state index < -0.39 is 32.6 Å². The number of nitrogens with two attached hydrogens (primary N) is 2. The summed E-state index contributed by atoms with van der Waals surface area (Å²) >= 11 is 0. The molecule has 158 valence electrons. The molecule has 0 saturated heterocycles. The smallest absolute Gasteiger partial charge is 0.353 e. The monoisotopic (exact) mass is 441 g/mol. The van der Waals surface area contributed by atoms with Gasteiger partial charge >= 0.3 is 5.69 Å². The van der Waals surface area contributed by atoms with Crippen LogP contribution in [0.3, 0.4) is 0 Å². The second-order valence-electron chi connectivity index (χ2n) is 6.58. The zero-order chi connectivity index (χ0) is 22.3. The summed E-state index contributed by atoms with van der Waals surface area (Å²) in [6.07, 6.45) is 1.05. The molecule has 3 aromatic rings. The van der Waals surface area contributed by atoms with E-state index in [1.54, 1.807) is 30.3 Å². The van der Waals surface area contributed by atoms with Gasteiger partial charge in [0.2, 0.25) is 21.7 Å². The number of nitrogens with zero attached hydrogens (tertiary/aromatic N) is 4. The molecule has 5 N–H and O–H groups in total. The maximum absolute atomic E-state index is 13.1. The van der Waals surface area contributed by atoms with Gasteiger partial charge in [-0.1, -0.05) is 30.3 Å². The summed E-state index contributed by atoms with van der Waals surface area (Å²) in [5, 5.41) is 19.6. The Kier molecular flexibility index (Phi) is 4.75. The Bertz CT molecular complexity index is 1310. The average molecular weight is 441 g/mol. The van der Waals surface area contributed by atoms with Gasteiger partial charge in [-0.3, -0.25) is 14.9 Å². The third-order valence-electron chi connectivity index (χ3n) is 4.68. The molecule has 1 aromatic heterocycles. The van der Waals surface area contributed by atoms with E-state index in [-0.39, 0.29) is 27.9 Å². The lowest BCUT2D eigenvalue weighted by Gasteiger charge is -2.37. The van der Waals surface area contributed by atoms with Gasteiger partial charge in [-0.05, 0) is 23.8 Å². The first-order chi connectivity index (χ1) is 14.7. The molecule has 0 spiro atoms. The van der Waals surface area contributed by atoms with Crippen molar-refractivity contribution in [3.05, 3.63) is 70.5 Å². The zero-order valence-corrected chi connectivity index (χ0v) is 16.5. The molecule has 0 bridgehead atoms. The Balaban J connectivity index is 2.02. The molecule has 1 atom stereocenters. The number of nitrogens with one attached hydrogen (secondary N) is 1. The summed E-state index contributed by atoms with van der Waals surface area (Å²) in [6, 6.07) is 11.3. The summed E-state index contributed by atoms with van der Waals surface area (Å²) in [7, 11) is -4.05. The molecule has 1 unspecified atom stereocenters. The molecule has 2 heterocycles. The van der Waals surface area contributed by atoms with Crippen LogP contribution in [0.25, 0.3) is 0 Å². The van der Waals surface area contributed by atoms with Gasteiger partial charge in [0.1, 0.15) is 12.4 Å². The van der Waals surface area contributed by atoms with Crippen LogP contribution in [0, 0.1) is 10.1 Å². The first kappa shape index (κ1) is 20.2. The van der Waals surface area contributed by atoms with Crippen molar-refractivity contribution in [2.45, 2.75) is 10.9 Å². The van der Waals surface area contributed by atoms with E-state index in [9.17, 15) is 23.3 Å². The second-order valence-corrected chi connectivity index (χ2v) is 8.15. The number of nitro groups is 1. The number of hydrogen-bond donors (Lipinski definition) is 3. The van der Waals surface area contributed by atoms with Crippen LogP contribution >= 0.6 is 0 Å². The molecule has 31 heavy (non-hydrogen) atoms. The van der Waals surface area contributed by atoms with Crippen molar-refractivity contribution >= 4 is 44.6 Å². The van der Waals surface area contributed by atoms with Crippen LogP contribution in [0.5, 0.6) is 0 Å². The molecule has 1 aliphatic rings. The Hall–Kier alpha value is -4.10. The number of primary sulfonamides is 1. The summed E-state index contributed by atoms with van der Waals surface area (Å²) in [4.78, 5) is 32.9. The Morgan fingerprint density at radius 2 is 1.84 bits per heavy atom. The van der Waals surface area contributed by atoms with Crippen LogP contribution in [0.2, 0.25) is 0 Å². The first-order valence-corrected chi connectivity index (χ1v) is 10.3. The number of nitrogen functional groups attached to an aromatic ring is 1. The molecular weight excluding hydrogens is 426 g/mol. The van der Waals surface area contributed by atoms with Crippen molar-refractivity contribution in [2.75, 3.05) is 16.0 Å². The maximum atomic E-state index is 13.1. The van der Waals surface area contributed by atoms with E-state index in [0.717, 1.165) is 6.33 Å². The van der Waals surface area contributed by atoms with E-state index in [0.29, 0.717) is 5.56 Å². The molecule has 13 heteroatoms. The van der Waals surface area contributed by atoms with Crippen molar-refractivity contribution in [1.29, 1.82) is 0 Å². The van der Waals surface area contributed by atoms with E-state index in [1.165, 1.54) is 23.1 Å². The predicted molar refractivity (Wildman–Crippen MR) is 111 cm³/mol. The van der Waals surface area contributed by atoms with E-state index in [1.807, 2.05) is 0 Å². The lowest BCUT2D eigenvalue weighted by molar-refractivity contribution is -0.383. The average Bonchev–Trinajstić information content (AvgIpc) is 2.71. The Labute approximate surface area is 175 Å². The highest BCUT2D eigenvalue weighted by Crippen LogP contribution is 2.46. The van der Waals surface area contributed by atoms with Crippen LogP contribution in [0.15, 0.2) is 59.8 Å². The fourth-order valence-electron chi connectivity index (χ4n) is 3.37. The van der Waals surface area contributed by atoms with Crippen LogP contribution in [-0.2, 0) is 14.8 Å². The highest BCUT2D eigenvalue weighted by Gasteiger charge is 2.40.